The Kier molecular flexibility index (Phi) is 5.04. The minimum Gasteiger partial charge on any atom is -0.494 e. The molecule has 0 aliphatic heterocycles. The molecule has 0 saturated carbocycles. The predicted molar refractivity (Wildman–Crippen MR) is 79.4 cm³/mol. The summed E-state index contributed by atoms with van der Waals surface area (Å²) in [5.74, 6) is 0.159. The summed E-state index contributed by atoms with van der Waals surface area (Å²) in [4.78, 5) is 0. The third-order valence-electron chi connectivity index (χ3n) is 3.08. The van der Waals surface area contributed by atoms with Gasteiger partial charge in [-0.05, 0) is 30.7 Å². The van der Waals surface area contributed by atoms with Gasteiger partial charge >= 0.3 is 0 Å². The summed E-state index contributed by atoms with van der Waals surface area (Å²) in [5.41, 5.74) is 1.07. The Morgan fingerprint density at radius 3 is 2.62 bits per heavy atom. The molecule has 0 amide bonds. The van der Waals surface area contributed by atoms with Crippen molar-refractivity contribution in [2.45, 2.75) is 19.6 Å². The van der Waals surface area contributed by atoms with E-state index in [0.717, 1.165) is 0 Å². The Labute approximate surface area is 127 Å². The average molecular weight is 311 g/mol. The van der Waals surface area contributed by atoms with Gasteiger partial charge in [0.1, 0.15) is 12.4 Å². The number of hydrogen-bond acceptors (Lipinski definition) is 3. The maximum atomic E-state index is 14.0. The second-order valence-electron chi connectivity index (χ2n) is 4.59. The van der Waals surface area contributed by atoms with E-state index < -0.39 is 11.9 Å². The highest BCUT2D eigenvalue weighted by atomic mass is 35.5. The molecule has 5 heteroatoms. The van der Waals surface area contributed by atoms with Gasteiger partial charge in [0.05, 0.1) is 18.2 Å². The lowest BCUT2D eigenvalue weighted by Gasteiger charge is -2.12. The summed E-state index contributed by atoms with van der Waals surface area (Å²) in [5, 5.41) is 9.85. The smallest absolute Gasteiger partial charge is 0.171 e. The second-order valence-corrected chi connectivity index (χ2v) is 5.00. The third kappa shape index (κ3) is 3.65. The van der Waals surface area contributed by atoms with Crippen LogP contribution in [0.15, 0.2) is 36.4 Å². The molecular formula is C16H16ClFO3. The van der Waals surface area contributed by atoms with E-state index in [1.165, 1.54) is 7.11 Å². The number of hydrogen-bond donors (Lipinski definition) is 1. The molecule has 112 valence electrons. The van der Waals surface area contributed by atoms with Crippen LogP contribution in [0.25, 0.3) is 0 Å². The van der Waals surface area contributed by atoms with Crippen LogP contribution in [0, 0.1) is 5.82 Å². The van der Waals surface area contributed by atoms with Crippen molar-refractivity contribution in [3.8, 4) is 11.5 Å². The highest BCUT2D eigenvalue weighted by molar-refractivity contribution is 6.32. The minimum absolute atomic E-state index is 0.0385. The number of aliphatic hydroxyl groups excluding tert-OH is 1. The van der Waals surface area contributed by atoms with Gasteiger partial charge in [-0.2, -0.15) is 0 Å². The van der Waals surface area contributed by atoms with E-state index in [2.05, 4.69) is 0 Å². The summed E-state index contributed by atoms with van der Waals surface area (Å²) < 4.78 is 24.4. The number of ether oxygens (including phenoxy) is 2. The highest BCUT2D eigenvalue weighted by Gasteiger charge is 2.11. The molecule has 0 spiro atoms. The lowest BCUT2D eigenvalue weighted by molar-refractivity contribution is 0.199. The number of benzene rings is 2. The van der Waals surface area contributed by atoms with Crippen molar-refractivity contribution in [3.05, 3.63) is 58.4 Å². The van der Waals surface area contributed by atoms with Gasteiger partial charge in [-0.25, -0.2) is 4.39 Å². The van der Waals surface area contributed by atoms with Crippen LogP contribution in [0.4, 0.5) is 4.39 Å². The fourth-order valence-electron chi connectivity index (χ4n) is 1.87. The van der Waals surface area contributed by atoms with Crippen LogP contribution in [0.2, 0.25) is 5.02 Å². The number of methoxy groups -OCH3 is 1. The molecule has 0 radical (unpaired) electrons. The summed E-state index contributed by atoms with van der Waals surface area (Å²) in [6.07, 6.45) is -0.604. The standard InChI is InChI=1S/C16H16ClFO3/c1-10(19)11-6-7-14(13(17)8-11)21-9-12-4-3-5-15(20-2)16(12)18/h3-8,10,19H,9H2,1-2H3/t10-/m1/s1. The minimum atomic E-state index is -0.604. The fraction of sp³-hybridized carbons (Fsp3) is 0.250. The fourth-order valence-corrected chi connectivity index (χ4v) is 2.12. The quantitative estimate of drug-likeness (QED) is 0.903. The van der Waals surface area contributed by atoms with E-state index in [1.54, 1.807) is 43.3 Å². The van der Waals surface area contributed by atoms with Gasteiger partial charge in [-0.1, -0.05) is 29.8 Å². The number of halogens is 2. The van der Waals surface area contributed by atoms with Crippen molar-refractivity contribution in [2.75, 3.05) is 7.11 Å². The summed E-state index contributed by atoms with van der Waals surface area (Å²) in [6, 6.07) is 9.86. The first kappa shape index (κ1) is 15.6. The van der Waals surface area contributed by atoms with Gasteiger partial charge in [0.2, 0.25) is 0 Å². The second kappa shape index (κ2) is 6.78. The Morgan fingerprint density at radius 1 is 1.24 bits per heavy atom. The lowest BCUT2D eigenvalue weighted by atomic mass is 10.1. The van der Waals surface area contributed by atoms with Gasteiger partial charge in [-0.15, -0.1) is 0 Å². The Hall–Kier alpha value is -1.78. The molecule has 0 aromatic heterocycles. The van der Waals surface area contributed by atoms with E-state index in [1.807, 2.05) is 0 Å². The molecule has 2 aromatic rings. The molecular weight excluding hydrogens is 295 g/mol. The Morgan fingerprint density at radius 2 is 2.00 bits per heavy atom. The van der Waals surface area contributed by atoms with Crippen LogP contribution in [-0.2, 0) is 6.61 Å². The monoisotopic (exact) mass is 310 g/mol. The summed E-state index contributed by atoms with van der Waals surface area (Å²) >= 11 is 6.08. The zero-order valence-corrected chi connectivity index (χ0v) is 12.5. The van der Waals surface area contributed by atoms with Crippen LogP contribution in [0.3, 0.4) is 0 Å². The molecule has 1 N–H and O–H groups in total. The largest absolute Gasteiger partial charge is 0.494 e. The molecule has 3 nitrogen and oxygen atoms in total. The van der Waals surface area contributed by atoms with Crippen molar-refractivity contribution in [1.82, 2.24) is 0 Å². The highest BCUT2D eigenvalue weighted by Crippen LogP contribution is 2.29. The topological polar surface area (TPSA) is 38.7 Å². The van der Waals surface area contributed by atoms with Crippen LogP contribution < -0.4 is 9.47 Å². The van der Waals surface area contributed by atoms with Gasteiger partial charge < -0.3 is 14.6 Å². The van der Waals surface area contributed by atoms with Crippen LogP contribution in [0.5, 0.6) is 11.5 Å². The first-order valence-corrected chi connectivity index (χ1v) is 6.82. The van der Waals surface area contributed by atoms with Crippen molar-refractivity contribution in [3.63, 3.8) is 0 Å². The normalized spacial score (nSPS) is 12.0. The molecule has 0 fully saturated rings. The van der Waals surface area contributed by atoms with Crippen molar-refractivity contribution >= 4 is 11.6 Å². The van der Waals surface area contributed by atoms with Gasteiger partial charge in [0.25, 0.3) is 0 Å². The van der Waals surface area contributed by atoms with E-state index in [4.69, 9.17) is 21.1 Å². The Bertz CT molecular complexity index is 629. The predicted octanol–water partition coefficient (Wildman–Crippen LogP) is 4.12. The van der Waals surface area contributed by atoms with Crippen LogP contribution in [0.1, 0.15) is 24.2 Å². The molecule has 2 aromatic carbocycles. The first-order chi connectivity index (χ1) is 10.0. The number of rotatable bonds is 5. The maximum Gasteiger partial charge on any atom is 0.171 e. The van der Waals surface area contributed by atoms with E-state index in [-0.39, 0.29) is 12.4 Å². The molecule has 0 aliphatic carbocycles. The van der Waals surface area contributed by atoms with Crippen LogP contribution >= 0.6 is 11.6 Å². The van der Waals surface area contributed by atoms with E-state index in [0.29, 0.717) is 21.9 Å². The SMILES string of the molecule is COc1cccc(COc2ccc([C@@H](C)O)cc2Cl)c1F. The zero-order valence-electron chi connectivity index (χ0n) is 11.8. The van der Waals surface area contributed by atoms with Crippen LogP contribution in [-0.4, -0.2) is 12.2 Å². The molecule has 0 saturated heterocycles. The Balaban J connectivity index is 2.13. The van der Waals surface area contributed by atoms with Gasteiger partial charge in [0.15, 0.2) is 11.6 Å². The molecule has 0 unspecified atom stereocenters. The summed E-state index contributed by atoms with van der Waals surface area (Å²) in [6.45, 7) is 1.69. The molecule has 0 heterocycles. The van der Waals surface area contributed by atoms with Gasteiger partial charge in [-0.3, -0.25) is 0 Å². The molecule has 2 rings (SSSR count). The van der Waals surface area contributed by atoms with Crippen molar-refractivity contribution < 1.29 is 19.0 Å². The first-order valence-electron chi connectivity index (χ1n) is 6.44. The van der Waals surface area contributed by atoms with E-state index >= 15 is 0 Å². The van der Waals surface area contributed by atoms with Gasteiger partial charge in [0, 0.05) is 5.56 Å². The zero-order chi connectivity index (χ0) is 15.4. The van der Waals surface area contributed by atoms with Crippen molar-refractivity contribution in [1.29, 1.82) is 0 Å². The molecule has 21 heavy (non-hydrogen) atoms. The summed E-state index contributed by atoms with van der Waals surface area (Å²) in [7, 11) is 1.41. The molecule has 0 bridgehead atoms. The molecule has 0 aliphatic rings. The van der Waals surface area contributed by atoms with E-state index in [9.17, 15) is 9.50 Å². The van der Waals surface area contributed by atoms with Crippen molar-refractivity contribution in [2.24, 2.45) is 0 Å². The maximum absolute atomic E-state index is 14.0. The number of aliphatic hydroxyl groups is 1. The average Bonchev–Trinajstić information content (AvgIpc) is 2.47. The third-order valence-corrected chi connectivity index (χ3v) is 3.38. The molecule has 1 atom stereocenters. The lowest BCUT2D eigenvalue weighted by Crippen LogP contribution is -2.01.